The molecule has 0 aliphatic carbocycles. The third kappa shape index (κ3) is 47.7. The summed E-state index contributed by atoms with van der Waals surface area (Å²) in [4.78, 5) is 68.1. The highest BCUT2D eigenvalue weighted by molar-refractivity contribution is 5.76. The summed E-state index contributed by atoms with van der Waals surface area (Å²) in [5.74, 6) is -0.566. The number of hydrogen-bond acceptors (Lipinski definition) is 10. The van der Waals surface area contributed by atoms with Crippen molar-refractivity contribution in [3.63, 3.8) is 0 Å². The Bertz CT molecular complexity index is 1180. The first-order valence-electron chi connectivity index (χ1n) is 31.8. The maximum absolute atomic E-state index is 13.3. The van der Waals surface area contributed by atoms with E-state index in [4.69, 9.17) is 18.9 Å². The van der Waals surface area contributed by atoms with Crippen molar-refractivity contribution < 1.29 is 42.9 Å². The van der Waals surface area contributed by atoms with Crippen LogP contribution in [0.1, 0.15) is 318 Å². The first kappa shape index (κ1) is 71.3. The molecule has 0 spiro atoms. The Balaban J connectivity index is 4.56. The van der Waals surface area contributed by atoms with Crippen LogP contribution in [0.3, 0.4) is 0 Å². The lowest BCUT2D eigenvalue weighted by atomic mass is 10.0. The molecule has 0 unspecified atom stereocenters. The Labute approximate surface area is 456 Å². The molecule has 0 saturated carbocycles. The van der Waals surface area contributed by atoms with Gasteiger partial charge < -0.3 is 28.7 Å². The monoisotopic (exact) mass is 1050 g/mol. The number of amides is 1. The van der Waals surface area contributed by atoms with Gasteiger partial charge in [0.15, 0.2) is 0 Å². The molecule has 0 fully saturated rings. The number of carbonyl (C=O) groups excluding carboxylic acids is 5. The number of unbranched alkanes of at least 4 members (excludes halogenated alkanes) is 26. The Morgan fingerprint density at radius 1 is 0.311 bits per heavy atom. The van der Waals surface area contributed by atoms with E-state index in [2.05, 4.69) is 46.4 Å². The molecule has 0 aromatic rings. The fraction of sp³-hybridized carbons (Fsp3) is 0.921. The van der Waals surface area contributed by atoms with Crippen LogP contribution in [0.4, 0.5) is 0 Å². The molecule has 0 heterocycles. The van der Waals surface area contributed by atoms with Crippen molar-refractivity contribution in [2.75, 3.05) is 45.9 Å². The van der Waals surface area contributed by atoms with Crippen molar-refractivity contribution >= 4 is 29.8 Å². The molecule has 11 heteroatoms. The zero-order valence-electron chi connectivity index (χ0n) is 49.6. The maximum Gasteiger partial charge on any atom is 0.306 e. The number of rotatable bonds is 57. The van der Waals surface area contributed by atoms with Gasteiger partial charge in [0.2, 0.25) is 5.91 Å². The number of carbonyl (C=O) groups is 5. The molecule has 0 N–H and O–H groups in total. The van der Waals surface area contributed by atoms with Gasteiger partial charge in [0.05, 0.1) is 13.2 Å². The largest absolute Gasteiger partial charge is 0.466 e. The average molecular weight is 1050 g/mol. The van der Waals surface area contributed by atoms with Crippen LogP contribution in [0.25, 0.3) is 0 Å². The first-order valence-corrected chi connectivity index (χ1v) is 31.8. The van der Waals surface area contributed by atoms with Crippen LogP contribution in [0.5, 0.6) is 0 Å². The van der Waals surface area contributed by atoms with E-state index < -0.39 is 0 Å². The quantitative estimate of drug-likeness (QED) is 0.0330. The van der Waals surface area contributed by atoms with Gasteiger partial charge in [0.1, 0.15) is 12.2 Å². The minimum absolute atomic E-state index is 0.0398. The predicted molar refractivity (Wildman–Crippen MR) is 307 cm³/mol. The zero-order chi connectivity index (χ0) is 54.4. The summed E-state index contributed by atoms with van der Waals surface area (Å²) in [5, 5.41) is 0. The van der Waals surface area contributed by atoms with Crippen LogP contribution < -0.4 is 0 Å². The molecule has 0 aliphatic rings. The lowest BCUT2D eigenvalue weighted by Gasteiger charge is -2.25. The highest BCUT2D eigenvalue weighted by atomic mass is 16.6. The molecule has 0 saturated heterocycles. The Hall–Kier alpha value is -2.69. The van der Waals surface area contributed by atoms with E-state index in [1.54, 1.807) is 0 Å². The van der Waals surface area contributed by atoms with Gasteiger partial charge in [-0.25, -0.2) is 0 Å². The van der Waals surface area contributed by atoms with E-state index in [1.807, 2.05) is 4.90 Å². The van der Waals surface area contributed by atoms with Crippen molar-refractivity contribution in [1.82, 2.24) is 9.80 Å². The van der Waals surface area contributed by atoms with Crippen molar-refractivity contribution in [2.24, 2.45) is 0 Å². The average Bonchev–Trinajstić information content (AvgIpc) is 3.39. The molecule has 0 bridgehead atoms. The second kappa shape index (κ2) is 55.1. The van der Waals surface area contributed by atoms with Gasteiger partial charge >= 0.3 is 23.9 Å². The fourth-order valence-corrected chi connectivity index (χ4v) is 9.75. The Morgan fingerprint density at radius 3 is 0.905 bits per heavy atom. The van der Waals surface area contributed by atoms with E-state index in [-0.39, 0.29) is 55.2 Å². The maximum atomic E-state index is 13.3. The van der Waals surface area contributed by atoms with E-state index >= 15 is 0 Å². The van der Waals surface area contributed by atoms with Crippen molar-refractivity contribution in [3.05, 3.63) is 0 Å². The van der Waals surface area contributed by atoms with Gasteiger partial charge in [0.25, 0.3) is 0 Å². The Morgan fingerprint density at radius 2 is 0.595 bits per heavy atom. The second-order valence-electron chi connectivity index (χ2n) is 21.6. The van der Waals surface area contributed by atoms with Crippen molar-refractivity contribution in [1.29, 1.82) is 0 Å². The molecule has 0 radical (unpaired) electrons. The summed E-state index contributed by atoms with van der Waals surface area (Å²) in [5.41, 5.74) is 0. The van der Waals surface area contributed by atoms with Gasteiger partial charge in [-0.2, -0.15) is 0 Å². The van der Waals surface area contributed by atoms with Crippen LogP contribution >= 0.6 is 0 Å². The van der Waals surface area contributed by atoms with Crippen molar-refractivity contribution in [2.45, 2.75) is 330 Å². The third-order valence-electron chi connectivity index (χ3n) is 14.7. The molecule has 0 rings (SSSR count). The fourth-order valence-electron chi connectivity index (χ4n) is 9.75. The molecule has 11 nitrogen and oxygen atoms in total. The van der Waals surface area contributed by atoms with Gasteiger partial charge in [-0.15, -0.1) is 0 Å². The molecule has 0 aromatic carbocycles. The van der Waals surface area contributed by atoms with Crippen LogP contribution in [0.15, 0.2) is 0 Å². The molecular formula is C63H120N2O9. The van der Waals surface area contributed by atoms with Gasteiger partial charge in [0, 0.05) is 51.7 Å². The summed E-state index contributed by atoms with van der Waals surface area (Å²) < 4.78 is 23.1. The second-order valence-corrected chi connectivity index (χ2v) is 21.6. The molecular weight excluding hydrogens is 929 g/mol. The molecule has 0 aliphatic heterocycles. The predicted octanol–water partition coefficient (Wildman–Crippen LogP) is 16.9. The number of ether oxygens (including phenoxy) is 4. The first-order chi connectivity index (χ1) is 36.1. The van der Waals surface area contributed by atoms with E-state index in [9.17, 15) is 24.0 Å². The number of esters is 4. The lowest BCUT2D eigenvalue weighted by Crippen LogP contribution is -2.36. The summed E-state index contributed by atoms with van der Waals surface area (Å²) in [7, 11) is 0. The number of hydrogen-bond donors (Lipinski definition) is 0. The van der Waals surface area contributed by atoms with Gasteiger partial charge in [-0.05, 0) is 103 Å². The smallest absolute Gasteiger partial charge is 0.306 e. The molecule has 436 valence electrons. The van der Waals surface area contributed by atoms with Gasteiger partial charge in [-0.3, -0.25) is 24.0 Å². The zero-order valence-corrected chi connectivity index (χ0v) is 49.6. The van der Waals surface area contributed by atoms with E-state index in [1.165, 1.54) is 128 Å². The van der Waals surface area contributed by atoms with E-state index in [0.29, 0.717) is 64.6 Å². The summed E-state index contributed by atoms with van der Waals surface area (Å²) in [6.07, 6.45) is 43.3. The minimum atomic E-state index is -0.230. The molecule has 74 heavy (non-hydrogen) atoms. The van der Waals surface area contributed by atoms with Crippen LogP contribution in [0.2, 0.25) is 0 Å². The summed E-state index contributed by atoms with van der Waals surface area (Å²) in [6, 6.07) is 0. The highest BCUT2D eigenvalue weighted by Crippen LogP contribution is 2.20. The lowest BCUT2D eigenvalue weighted by molar-refractivity contribution is -0.151. The van der Waals surface area contributed by atoms with Crippen LogP contribution in [-0.2, 0) is 42.9 Å². The third-order valence-corrected chi connectivity index (χ3v) is 14.7. The standard InChI is InChI=1S/C63H120N2O9/c1-7-13-17-21-25-33-43-57(44-34-26-22-18-14-8-2)73-62(69)49-39-31-29-37-47-60(67)71-55-41-52-65(59(66)51-54-64(11-5)12-6)53-42-56-72-61(68)48-38-30-32-40-50-63(70)74-58(45-35-27-23-19-15-9-3)46-36-28-24-20-16-10-4/h57-58H,7-56H2,1-6H3. The SMILES string of the molecule is CCCCCCCCC(CCCCCCCC)OC(=O)CCCCCCC(=O)OCCCN(CCCOC(=O)CCCCCCC(=O)OC(CCCCCCCC)CCCCCCCC)C(=O)CCN(CC)CC. The number of nitrogens with zero attached hydrogens (tertiary/aromatic N) is 2. The summed E-state index contributed by atoms with van der Waals surface area (Å²) in [6.45, 7) is 17.0. The molecule has 1 amide bonds. The highest BCUT2D eigenvalue weighted by Gasteiger charge is 2.18. The van der Waals surface area contributed by atoms with Gasteiger partial charge in [-0.1, -0.05) is 196 Å². The summed E-state index contributed by atoms with van der Waals surface area (Å²) >= 11 is 0. The van der Waals surface area contributed by atoms with Crippen LogP contribution in [0, 0.1) is 0 Å². The molecule has 0 atom stereocenters. The minimum Gasteiger partial charge on any atom is -0.466 e. The topological polar surface area (TPSA) is 129 Å². The molecule has 0 aromatic heterocycles. The van der Waals surface area contributed by atoms with Crippen molar-refractivity contribution in [3.8, 4) is 0 Å². The normalized spacial score (nSPS) is 11.5. The Kier molecular flexibility index (Phi) is 53.1. The van der Waals surface area contributed by atoms with Crippen LogP contribution in [-0.4, -0.2) is 97.7 Å². The van der Waals surface area contributed by atoms with E-state index in [0.717, 1.165) is 116 Å².